The molecule has 0 aliphatic rings. The zero-order chi connectivity index (χ0) is 14.5. The summed E-state index contributed by atoms with van der Waals surface area (Å²) >= 11 is 0. The van der Waals surface area contributed by atoms with E-state index >= 15 is 0 Å². The fourth-order valence-electron chi connectivity index (χ4n) is 2.43. The van der Waals surface area contributed by atoms with Gasteiger partial charge in [-0.2, -0.15) is 0 Å². The lowest BCUT2D eigenvalue weighted by Crippen LogP contribution is -2.38. The molecule has 0 heterocycles. The van der Waals surface area contributed by atoms with E-state index in [0.717, 1.165) is 32.1 Å². The first-order valence-electron chi connectivity index (χ1n) is 8.36. The van der Waals surface area contributed by atoms with Crippen LogP contribution in [-0.4, -0.2) is 62.2 Å². The van der Waals surface area contributed by atoms with Crippen LogP contribution in [0.2, 0.25) is 0 Å². The van der Waals surface area contributed by atoms with E-state index in [9.17, 15) is 0 Å². The van der Waals surface area contributed by atoms with Crippen LogP contribution >= 0.6 is 0 Å². The predicted octanol–water partition coefficient (Wildman–Crippen LogP) is 2.68. The first kappa shape index (κ1) is 18.9. The molecule has 116 valence electrons. The van der Waals surface area contributed by atoms with E-state index in [-0.39, 0.29) is 0 Å². The largest absolute Gasteiger partial charge is 0.314 e. The van der Waals surface area contributed by atoms with Gasteiger partial charge in [-0.25, -0.2) is 0 Å². The van der Waals surface area contributed by atoms with Gasteiger partial charge in [-0.05, 0) is 25.6 Å². The van der Waals surface area contributed by atoms with Crippen LogP contribution in [-0.2, 0) is 0 Å². The van der Waals surface area contributed by atoms with Gasteiger partial charge in [-0.15, -0.1) is 0 Å². The highest BCUT2D eigenvalue weighted by Crippen LogP contribution is 2.09. The Bertz CT molecular complexity index is 177. The molecule has 0 amide bonds. The number of nitrogens with one attached hydrogen (secondary N) is 1. The second-order valence-corrected chi connectivity index (χ2v) is 5.35. The fraction of sp³-hybridized carbons (Fsp3) is 1.00. The van der Waals surface area contributed by atoms with Crippen LogP contribution in [0.1, 0.15) is 47.5 Å². The molecule has 0 rings (SSSR count). The second-order valence-electron chi connectivity index (χ2n) is 5.35. The van der Waals surface area contributed by atoms with Crippen LogP contribution in [0, 0.1) is 5.92 Å². The van der Waals surface area contributed by atoms with Gasteiger partial charge in [0.2, 0.25) is 0 Å². The quantitative estimate of drug-likeness (QED) is 0.520. The Kier molecular flexibility index (Phi) is 12.8. The van der Waals surface area contributed by atoms with Crippen molar-refractivity contribution in [2.24, 2.45) is 5.92 Å². The summed E-state index contributed by atoms with van der Waals surface area (Å²) in [5.41, 5.74) is 0. The monoisotopic (exact) mass is 271 g/mol. The van der Waals surface area contributed by atoms with E-state index in [2.05, 4.69) is 49.7 Å². The van der Waals surface area contributed by atoms with E-state index in [1.54, 1.807) is 0 Å². The van der Waals surface area contributed by atoms with Crippen molar-refractivity contribution in [2.75, 3.05) is 52.4 Å². The molecular formula is C16H37N3. The summed E-state index contributed by atoms with van der Waals surface area (Å²) in [6, 6.07) is 0. The van der Waals surface area contributed by atoms with Gasteiger partial charge in [-0.1, -0.05) is 47.5 Å². The molecule has 3 nitrogen and oxygen atoms in total. The van der Waals surface area contributed by atoms with Gasteiger partial charge < -0.3 is 15.1 Å². The van der Waals surface area contributed by atoms with Gasteiger partial charge in [0.25, 0.3) is 0 Å². The molecule has 0 unspecified atom stereocenters. The highest BCUT2D eigenvalue weighted by molar-refractivity contribution is 4.65. The van der Waals surface area contributed by atoms with Crippen molar-refractivity contribution in [1.29, 1.82) is 0 Å². The van der Waals surface area contributed by atoms with Crippen molar-refractivity contribution in [1.82, 2.24) is 15.1 Å². The lowest BCUT2D eigenvalue weighted by molar-refractivity contribution is 0.231. The van der Waals surface area contributed by atoms with Gasteiger partial charge in [0.15, 0.2) is 0 Å². The second kappa shape index (κ2) is 12.9. The molecule has 0 aliphatic heterocycles. The van der Waals surface area contributed by atoms with Crippen molar-refractivity contribution >= 4 is 0 Å². The third kappa shape index (κ3) is 9.42. The minimum Gasteiger partial charge on any atom is -0.314 e. The van der Waals surface area contributed by atoms with E-state index in [1.807, 2.05) is 0 Å². The zero-order valence-corrected chi connectivity index (χ0v) is 14.0. The Balaban J connectivity index is 3.66. The van der Waals surface area contributed by atoms with E-state index in [4.69, 9.17) is 0 Å². The maximum absolute atomic E-state index is 3.58. The number of hydrogen-bond donors (Lipinski definition) is 1. The molecule has 3 heteroatoms. The van der Waals surface area contributed by atoms with Crippen molar-refractivity contribution in [3.05, 3.63) is 0 Å². The average Bonchev–Trinajstić information content (AvgIpc) is 2.46. The molecule has 0 fully saturated rings. The molecule has 0 bridgehead atoms. The molecular weight excluding hydrogens is 234 g/mol. The molecule has 0 aromatic rings. The average molecular weight is 271 g/mol. The van der Waals surface area contributed by atoms with E-state index < -0.39 is 0 Å². The summed E-state index contributed by atoms with van der Waals surface area (Å²) in [5.74, 6) is 0.871. The van der Waals surface area contributed by atoms with Crippen LogP contribution in [0.3, 0.4) is 0 Å². The van der Waals surface area contributed by atoms with Crippen molar-refractivity contribution in [2.45, 2.75) is 47.5 Å². The number of hydrogen-bond acceptors (Lipinski definition) is 3. The molecule has 19 heavy (non-hydrogen) atoms. The first-order valence-corrected chi connectivity index (χ1v) is 8.36. The molecule has 1 N–H and O–H groups in total. The predicted molar refractivity (Wildman–Crippen MR) is 86.8 cm³/mol. The van der Waals surface area contributed by atoms with Gasteiger partial charge in [0.1, 0.15) is 0 Å². The molecule has 0 aromatic carbocycles. The molecule has 0 aliphatic carbocycles. The smallest absolute Gasteiger partial charge is 0.0107 e. The van der Waals surface area contributed by atoms with Crippen LogP contribution < -0.4 is 5.32 Å². The molecule has 0 radical (unpaired) electrons. The standard InChI is InChI=1S/C16H37N3/c1-6-16(7-2)15-19(10-5)14-12-17-11-13-18(8-3)9-4/h16-17H,6-15H2,1-5H3. The topological polar surface area (TPSA) is 18.5 Å². The minimum atomic E-state index is 0.871. The van der Waals surface area contributed by atoms with Crippen LogP contribution in [0.5, 0.6) is 0 Å². The third-order valence-corrected chi connectivity index (χ3v) is 4.22. The summed E-state index contributed by atoms with van der Waals surface area (Å²) in [4.78, 5) is 5.05. The zero-order valence-electron chi connectivity index (χ0n) is 14.0. The Labute approximate surface area is 121 Å². The SMILES string of the molecule is CCC(CC)CN(CC)CCNCCN(CC)CC. The van der Waals surface area contributed by atoms with Gasteiger partial charge >= 0.3 is 0 Å². The van der Waals surface area contributed by atoms with Crippen molar-refractivity contribution < 1.29 is 0 Å². The summed E-state index contributed by atoms with van der Waals surface area (Å²) in [6.45, 7) is 20.7. The van der Waals surface area contributed by atoms with E-state index in [1.165, 1.54) is 39.0 Å². The molecule has 0 saturated heterocycles. The van der Waals surface area contributed by atoms with Crippen LogP contribution in [0.25, 0.3) is 0 Å². The minimum absolute atomic E-state index is 0.871. The number of rotatable bonds is 13. The summed E-state index contributed by atoms with van der Waals surface area (Å²) in [6.07, 6.45) is 2.62. The summed E-state index contributed by atoms with van der Waals surface area (Å²) in [5, 5.41) is 3.58. The lowest BCUT2D eigenvalue weighted by Gasteiger charge is -2.25. The first-order chi connectivity index (χ1) is 9.21. The van der Waals surface area contributed by atoms with Gasteiger partial charge in [0.05, 0.1) is 0 Å². The number of nitrogens with zero attached hydrogens (tertiary/aromatic N) is 2. The third-order valence-electron chi connectivity index (χ3n) is 4.22. The lowest BCUT2D eigenvalue weighted by atomic mass is 10.0. The van der Waals surface area contributed by atoms with Crippen molar-refractivity contribution in [3.63, 3.8) is 0 Å². The van der Waals surface area contributed by atoms with Crippen molar-refractivity contribution in [3.8, 4) is 0 Å². The molecule has 0 saturated carbocycles. The van der Waals surface area contributed by atoms with Gasteiger partial charge in [-0.3, -0.25) is 0 Å². The maximum Gasteiger partial charge on any atom is 0.0107 e. The maximum atomic E-state index is 3.58. The Morgan fingerprint density at radius 1 is 0.737 bits per heavy atom. The normalized spacial score (nSPS) is 12.0. The fourth-order valence-corrected chi connectivity index (χ4v) is 2.43. The Morgan fingerprint density at radius 3 is 1.63 bits per heavy atom. The molecule has 0 spiro atoms. The van der Waals surface area contributed by atoms with E-state index in [0.29, 0.717) is 0 Å². The highest BCUT2D eigenvalue weighted by atomic mass is 15.1. The molecule has 0 aromatic heterocycles. The summed E-state index contributed by atoms with van der Waals surface area (Å²) in [7, 11) is 0. The van der Waals surface area contributed by atoms with Crippen LogP contribution in [0.15, 0.2) is 0 Å². The van der Waals surface area contributed by atoms with Crippen LogP contribution in [0.4, 0.5) is 0 Å². The Hall–Kier alpha value is -0.120. The number of likely N-dealkylation sites (N-methyl/N-ethyl adjacent to an activating group) is 2. The highest BCUT2D eigenvalue weighted by Gasteiger charge is 2.09. The summed E-state index contributed by atoms with van der Waals surface area (Å²) < 4.78 is 0. The molecule has 0 atom stereocenters. The Morgan fingerprint density at radius 2 is 1.21 bits per heavy atom. The van der Waals surface area contributed by atoms with Gasteiger partial charge in [0, 0.05) is 32.7 Å².